The van der Waals surface area contributed by atoms with E-state index in [-0.39, 0.29) is 21.4 Å². The van der Waals surface area contributed by atoms with Gasteiger partial charge in [0.15, 0.2) is 0 Å². The van der Waals surface area contributed by atoms with Crippen molar-refractivity contribution >= 4 is 34.6 Å². The van der Waals surface area contributed by atoms with Gasteiger partial charge in [0, 0.05) is 22.9 Å². The Hall–Kier alpha value is -1.58. The maximum absolute atomic E-state index is 10.3. The number of benzene rings is 1. The molecule has 1 aromatic rings. The van der Waals surface area contributed by atoms with Crippen molar-refractivity contribution in [3.05, 3.63) is 32.3 Å². The Morgan fingerprint density at radius 1 is 1.29 bits per heavy atom. The number of anilines is 1. The van der Waals surface area contributed by atoms with E-state index in [1.807, 2.05) is 0 Å². The maximum atomic E-state index is 10.3. The molecule has 0 aromatic heterocycles. The van der Waals surface area contributed by atoms with Gasteiger partial charge in [-0.1, -0.05) is 23.2 Å². The third-order valence-corrected chi connectivity index (χ3v) is 1.90. The molecule has 0 bridgehead atoms. The summed E-state index contributed by atoms with van der Waals surface area (Å²) >= 11 is 11.1. The molecule has 0 aliphatic heterocycles. The highest BCUT2D eigenvalue weighted by atomic mass is 35.5. The minimum atomic E-state index is -0.586. The molecule has 0 heterocycles. The summed E-state index contributed by atoms with van der Waals surface area (Å²) in [5.74, 6) is 0. The van der Waals surface area contributed by atoms with Crippen LogP contribution in [-0.4, -0.2) is 4.92 Å². The summed E-state index contributed by atoms with van der Waals surface area (Å²) in [7, 11) is 0. The van der Waals surface area contributed by atoms with Crippen LogP contribution in [0.3, 0.4) is 0 Å². The topological polar surface area (TPSA) is 117 Å². The molecule has 6 nitrogen and oxygen atoms in total. The van der Waals surface area contributed by atoms with Gasteiger partial charge in [0.25, 0.3) is 5.69 Å². The van der Waals surface area contributed by atoms with Gasteiger partial charge in [-0.3, -0.25) is 10.1 Å². The first kappa shape index (κ1) is 12.4. The molecular weight excluding hydrogens is 231 g/mol. The zero-order valence-electron chi connectivity index (χ0n) is 6.65. The van der Waals surface area contributed by atoms with Gasteiger partial charge in [0.1, 0.15) is 0 Å². The summed E-state index contributed by atoms with van der Waals surface area (Å²) in [5, 5.41) is 22.4. The van der Waals surface area contributed by atoms with E-state index in [0.717, 1.165) is 12.1 Å². The molecule has 74 valence electrons. The van der Waals surface area contributed by atoms with Crippen LogP contribution in [0.25, 0.3) is 0 Å². The Balaban J connectivity index is 0.000000791. The lowest BCUT2D eigenvalue weighted by Gasteiger charge is -1.99. The van der Waals surface area contributed by atoms with E-state index in [1.54, 1.807) is 0 Å². The van der Waals surface area contributed by atoms with E-state index >= 15 is 0 Å². The first-order valence-corrected chi connectivity index (χ1v) is 3.87. The Labute approximate surface area is 88.8 Å². The predicted octanol–water partition coefficient (Wildman–Crippen LogP) is 2.51. The van der Waals surface area contributed by atoms with E-state index in [0.29, 0.717) is 0 Å². The molecule has 0 fully saturated rings. The SMILES string of the molecule is N#N.Nc1c(Cl)cc([N+](=O)[O-])cc1Cl. The molecule has 0 unspecified atom stereocenters. The Morgan fingerprint density at radius 2 is 1.64 bits per heavy atom. The van der Waals surface area contributed by atoms with Gasteiger partial charge in [-0.25, -0.2) is 0 Å². The van der Waals surface area contributed by atoms with Gasteiger partial charge in [0.05, 0.1) is 20.7 Å². The number of non-ortho nitro benzene ring substituents is 1. The van der Waals surface area contributed by atoms with Crippen molar-refractivity contribution in [1.82, 2.24) is 0 Å². The van der Waals surface area contributed by atoms with Gasteiger partial charge in [-0.2, -0.15) is 0 Å². The molecule has 1 aromatic carbocycles. The van der Waals surface area contributed by atoms with Crippen LogP contribution in [0.5, 0.6) is 0 Å². The molecule has 0 radical (unpaired) electrons. The molecule has 2 N–H and O–H groups in total. The molecule has 0 aliphatic rings. The highest BCUT2D eigenvalue weighted by molar-refractivity contribution is 6.39. The number of nitro groups is 1. The lowest BCUT2D eigenvalue weighted by Crippen LogP contribution is -1.92. The normalized spacial score (nSPS) is 8.57. The second kappa shape index (κ2) is 5.21. The standard InChI is InChI=1S/C6H4Cl2N2O2.N2/c7-4-1-3(10(11)12)2-5(8)6(4)9;1-2/h1-2H,9H2;. The van der Waals surface area contributed by atoms with Crippen molar-refractivity contribution in [2.75, 3.05) is 5.73 Å². The summed E-state index contributed by atoms with van der Waals surface area (Å²) in [5.41, 5.74) is 5.35. The highest BCUT2D eigenvalue weighted by Crippen LogP contribution is 2.31. The van der Waals surface area contributed by atoms with Crippen LogP contribution in [0, 0.1) is 20.9 Å². The van der Waals surface area contributed by atoms with E-state index in [1.165, 1.54) is 0 Å². The van der Waals surface area contributed by atoms with Crippen molar-refractivity contribution in [3.63, 3.8) is 0 Å². The van der Waals surface area contributed by atoms with E-state index in [9.17, 15) is 10.1 Å². The lowest BCUT2D eigenvalue weighted by molar-refractivity contribution is -0.384. The number of hydrogen-bond acceptors (Lipinski definition) is 5. The average molecular weight is 235 g/mol. The molecule has 0 aliphatic carbocycles. The smallest absolute Gasteiger partial charge is 0.272 e. The van der Waals surface area contributed by atoms with Gasteiger partial charge < -0.3 is 5.73 Å². The molecule has 8 heteroatoms. The third kappa shape index (κ3) is 2.73. The molecule has 0 saturated carbocycles. The van der Waals surface area contributed by atoms with Crippen molar-refractivity contribution in [1.29, 1.82) is 10.8 Å². The van der Waals surface area contributed by atoms with Crippen LogP contribution < -0.4 is 5.73 Å². The Morgan fingerprint density at radius 3 is 1.93 bits per heavy atom. The Kier molecular flexibility index (Phi) is 4.63. The first-order chi connectivity index (χ1) is 6.52. The zero-order valence-corrected chi connectivity index (χ0v) is 8.16. The number of nitrogen functional groups attached to an aromatic ring is 1. The summed E-state index contributed by atoms with van der Waals surface area (Å²) in [6.07, 6.45) is 0. The molecule has 14 heavy (non-hydrogen) atoms. The lowest BCUT2D eigenvalue weighted by atomic mass is 10.3. The maximum Gasteiger partial charge on any atom is 0.272 e. The van der Waals surface area contributed by atoms with E-state index in [2.05, 4.69) is 0 Å². The molecule has 0 saturated heterocycles. The fourth-order valence-electron chi connectivity index (χ4n) is 0.676. The van der Waals surface area contributed by atoms with Gasteiger partial charge in [0.2, 0.25) is 0 Å². The summed E-state index contributed by atoms with van der Waals surface area (Å²) in [4.78, 5) is 9.68. The minimum Gasteiger partial charge on any atom is -0.396 e. The fourth-order valence-corrected chi connectivity index (χ4v) is 1.15. The number of halogens is 2. The van der Waals surface area contributed by atoms with Crippen LogP contribution in [0.1, 0.15) is 0 Å². The van der Waals surface area contributed by atoms with Crippen LogP contribution in [0.4, 0.5) is 11.4 Å². The highest BCUT2D eigenvalue weighted by Gasteiger charge is 2.11. The van der Waals surface area contributed by atoms with Crippen molar-refractivity contribution < 1.29 is 4.92 Å². The van der Waals surface area contributed by atoms with E-state index in [4.69, 9.17) is 39.7 Å². The van der Waals surface area contributed by atoms with Crippen LogP contribution in [-0.2, 0) is 0 Å². The van der Waals surface area contributed by atoms with E-state index < -0.39 is 4.92 Å². The average Bonchev–Trinajstić information content (AvgIpc) is 2.16. The molecular formula is C6H4Cl2N4O2. The molecule has 0 spiro atoms. The number of rotatable bonds is 1. The van der Waals surface area contributed by atoms with Gasteiger partial charge in [-0.15, -0.1) is 0 Å². The van der Waals surface area contributed by atoms with Crippen LogP contribution in [0.2, 0.25) is 10.0 Å². The number of nitrogens with two attached hydrogens (primary N) is 1. The second-order valence-corrected chi connectivity index (χ2v) is 2.89. The second-order valence-electron chi connectivity index (χ2n) is 2.08. The van der Waals surface area contributed by atoms with Gasteiger partial charge in [-0.05, 0) is 0 Å². The first-order valence-electron chi connectivity index (χ1n) is 3.11. The Bertz CT molecular complexity index is 356. The third-order valence-electron chi connectivity index (χ3n) is 1.27. The number of nitrogens with zero attached hydrogens (tertiary/aromatic N) is 3. The summed E-state index contributed by atoms with van der Waals surface area (Å²) in [6.45, 7) is 0. The number of nitro benzene ring substituents is 1. The summed E-state index contributed by atoms with van der Waals surface area (Å²) < 4.78 is 0. The van der Waals surface area contributed by atoms with Gasteiger partial charge >= 0.3 is 0 Å². The zero-order chi connectivity index (χ0) is 11.3. The fraction of sp³-hybridized carbons (Fsp3) is 0. The van der Waals surface area contributed by atoms with Crippen molar-refractivity contribution in [2.45, 2.75) is 0 Å². The van der Waals surface area contributed by atoms with Crippen LogP contribution in [0.15, 0.2) is 12.1 Å². The minimum absolute atomic E-state index is 0.0919. The van der Waals surface area contributed by atoms with Crippen molar-refractivity contribution in [3.8, 4) is 0 Å². The summed E-state index contributed by atoms with van der Waals surface area (Å²) in [6, 6.07) is 2.31. The van der Waals surface area contributed by atoms with Crippen molar-refractivity contribution in [2.24, 2.45) is 0 Å². The molecule has 0 atom stereocenters. The molecule has 1 rings (SSSR count). The van der Waals surface area contributed by atoms with Crippen LogP contribution >= 0.6 is 23.2 Å². The number of hydrogen-bond donors (Lipinski definition) is 1. The monoisotopic (exact) mass is 234 g/mol. The predicted molar refractivity (Wildman–Crippen MR) is 51.0 cm³/mol. The quantitative estimate of drug-likeness (QED) is 0.347. The molecule has 0 amide bonds. The largest absolute Gasteiger partial charge is 0.396 e.